The normalized spacial score (nSPS) is 15.4. The second kappa shape index (κ2) is 6.99. The number of nitrogens with zero attached hydrogens (tertiary/aromatic N) is 2. The van der Waals surface area contributed by atoms with Crippen LogP contribution in [0.2, 0.25) is 0 Å². The minimum atomic E-state index is -0.507. The van der Waals surface area contributed by atoms with Crippen molar-refractivity contribution in [3.8, 4) is 5.19 Å². The molecule has 0 unspecified atom stereocenters. The van der Waals surface area contributed by atoms with Gasteiger partial charge in [0.05, 0.1) is 10.3 Å². The van der Waals surface area contributed by atoms with Crippen LogP contribution in [0.4, 0.5) is 8.78 Å². The number of aromatic nitrogens is 1. The van der Waals surface area contributed by atoms with Crippen LogP contribution in [-0.4, -0.2) is 35.0 Å². The summed E-state index contributed by atoms with van der Waals surface area (Å²) >= 11 is 1.31. The largest absolute Gasteiger partial charge is 0.467 e. The number of hydrogen-bond donors (Lipinski definition) is 0. The Morgan fingerprint density at radius 3 is 2.54 bits per heavy atom. The van der Waals surface area contributed by atoms with E-state index >= 15 is 0 Å². The van der Waals surface area contributed by atoms with Gasteiger partial charge in [0.25, 0.3) is 11.1 Å². The molecule has 2 heterocycles. The van der Waals surface area contributed by atoms with Crippen molar-refractivity contribution in [1.29, 1.82) is 0 Å². The van der Waals surface area contributed by atoms with Gasteiger partial charge in [-0.05, 0) is 24.3 Å². The van der Waals surface area contributed by atoms with E-state index in [1.54, 1.807) is 29.2 Å². The van der Waals surface area contributed by atoms with E-state index < -0.39 is 5.82 Å². The molecule has 0 N–H and O–H groups in total. The number of para-hydroxylation sites is 1. The first-order chi connectivity index (χ1) is 12.6. The SMILES string of the molecule is O=C(c1ccccc1F)N1CCC(Oc2nc3c(F)cccc3s2)CC1. The Hall–Kier alpha value is -2.54. The van der Waals surface area contributed by atoms with Gasteiger partial charge in [-0.2, -0.15) is 4.98 Å². The molecule has 1 aliphatic rings. The van der Waals surface area contributed by atoms with Crippen LogP contribution in [0.1, 0.15) is 23.2 Å². The topological polar surface area (TPSA) is 42.4 Å². The van der Waals surface area contributed by atoms with E-state index in [2.05, 4.69) is 4.98 Å². The number of ether oxygens (including phenoxy) is 1. The average molecular weight is 374 g/mol. The van der Waals surface area contributed by atoms with Gasteiger partial charge in [-0.1, -0.05) is 29.5 Å². The third kappa shape index (κ3) is 3.26. The Labute approximate surface area is 153 Å². The summed E-state index contributed by atoms with van der Waals surface area (Å²) in [5.74, 6) is -1.17. The molecule has 1 fully saturated rings. The maximum absolute atomic E-state index is 13.8. The van der Waals surface area contributed by atoms with Crippen molar-refractivity contribution in [3.63, 3.8) is 0 Å². The van der Waals surface area contributed by atoms with Crippen molar-refractivity contribution in [1.82, 2.24) is 9.88 Å². The van der Waals surface area contributed by atoms with Gasteiger partial charge in [0.15, 0.2) is 0 Å². The van der Waals surface area contributed by atoms with E-state index in [9.17, 15) is 13.6 Å². The number of thiazole rings is 1. The molecule has 7 heteroatoms. The van der Waals surface area contributed by atoms with Crippen molar-refractivity contribution in [2.75, 3.05) is 13.1 Å². The second-order valence-corrected chi connectivity index (χ2v) is 7.15. The van der Waals surface area contributed by atoms with Crippen LogP contribution < -0.4 is 4.74 Å². The summed E-state index contributed by atoms with van der Waals surface area (Å²) in [6.07, 6.45) is 1.15. The number of rotatable bonds is 3. The molecule has 1 aromatic heterocycles. The van der Waals surface area contributed by atoms with Crippen molar-refractivity contribution in [2.24, 2.45) is 0 Å². The molecule has 0 bridgehead atoms. The van der Waals surface area contributed by atoms with Crippen LogP contribution in [0.15, 0.2) is 42.5 Å². The molecule has 26 heavy (non-hydrogen) atoms. The molecule has 0 aliphatic carbocycles. The molecular formula is C19H16F2N2O2S. The first-order valence-corrected chi connectivity index (χ1v) is 9.19. The number of halogens is 2. The molecule has 1 saturated heterocycles. The molecule has 1 amide bonds. The Morgan fingerprint density at radius 1 is 1.08 bits per heavy atom. The summed E-state index contributed by atoms with van der Waals surface area (Å²) in [5.41, 5.74) is 0.410. The van der Waals surface area contributed by atoms with Crippen molar-refractivity contribution in [3.05, 3.63) is 59.7 Å². The van der Waals surface area contributed by atoms with Crippen LogP contribution in [0.25, 0.3) is 10.2 Å². The van der Waals surface area contributed by atoms with Gasteiger partial charge in [-0.15, -0.1) is 0 Å². The summed E-state index contributed by atoms with van der Waals surface area (Å²) in [4.78, 5) is 18.3. The number of piperidine rings is 1. The number of carbonyl (C=O) groups is 1. The van der Waals surface area contributed by atoms with Crippen LogP contribution >= 0.6 is 11.3 Å². The van der Waals surface area contributed by atoms with Gasteiger partial charge in [-0.25, -0.2) is 8.78 Å². The van der Waals surface area contributed by atoms with E-state index in [1.807, 2.05) is 0 Å². The zero-order valence-electron chi connectivity index (χ0n) is 13.8. The summed E-state index contributed by atoms with van der Waals surface area (Å²) in [6.45, 7) is 0.966. The van der Waals surface area contributed by atoms with Crippen molar-refractivity contribution < 1.29 is 18.3 Å². The van der Waals surface area contributed by atoms with E-state index in [-0.39, 0.29) is 23.4 Å². The summed E-state index contributed by atoms with van der Waals surface area (Å²) in [5, 5.41) is 0.434. The lowest BCUT2D eigenvalue weighted by Crippen LogP contribution is -2.42. The standard InChI is InChI=1S/C19H16F2N2O2S/c20-14-5-2-1-4-13(14)18(24)23-10-8-12(9-11-23)25-19-22-17-15(21)6-3-7-16(17)26-19/h1-7,12H,8-11H2. The monoisotopic (exact) mass is 374 g/mol. The fourth-order valence-electron chi connectivity index (χ4n) is 3.07. The molecule has 0 atom stereocenters. The van der Waals surface area contributed by atoms with Gasteiger partial charge in [0.1, 0.15) is 23.3 Å². The van der Waals surface area contributed by atoms with Crippen molar-refractivity contribution in [2.45, 2.75) is 18.9 Å². The molecule has 0 saturated carbocycles. The maximum atomic E-state index is 13.8. The third-order valence-corrected chi connectivity index (χ3v) is 5.36. The maximum Gasteiger partial charge on any atom is 0.274 e. The Kier molecular flexibility index (Phi) is 4.55. The third-order valence-electron chi connectivity index (χ3n) is 4.45. The lowest BCUT2D eigenvalue weighted by molar-refractivity contribution is 0.0591. The van der Waals surface area contributed by atoms with Gasteiger partial charge < -0.3 is 9.64 Å². The summed E-state index contributed by atoms with van der Waals surface area (Å²) in [6, 6.07) is 10.8. The zero-order valence-corrected chi connectivity index (χ0v) is 14.6. The van der Waals surface area contributed by atoms with Gasteiger partial charge >= 0.3 is 0 Å². The molecule has 1 aliphatic heterocycles. The molecule has 0 radical (unpaired) electrons. The minimum Gasteiger partial charge on any atom is -0.467 e. The average Bonchev–Trinajstić information content (AvgIpc) is 3.06. The highest BCUT2D eigenvalue weighted by Gasteiger charge is 2.26. The Morgan fingerprint density at radius 2 is 1.81 bits per heavy atom. The smallest absolute Gasteiger partial charge is 0.274 e. The Bertz CT molecular complexity index is 952. The number of likely N-dealkylation sites (tertiary alicyclic amines) is 1. The molecule has 4 rings (SSSR count). The van der Waals surface area contributed by atoms with Gasteiger partial charge in [0, 0.05) is 25.9 Å². The van der Waals surface area contributed by atoms with Crippen LogP contribution in [0.3, 0.4) is 0 Å². The summed E-state index contributed by atoms with van der Waals surface area (Å²) in [7, 11) is 0. The molecule has 2 aromatic carbocycles. The first kappa shape index (κ1) is 16.9. The van der Waals surface area contributed by atoms with E-state index in [0.717, 1.165) is 4.70 Å². The first-order valence-electron chi connectivity index (χ1n) is 8.37. The second-order valence-electron chi connectivity index (χ2n) is 6.16. The number of carbonyl (C=O) groups excluding carboxylic acids is 1. The van der Waals surface area contributed by atoms with Gasteiger partial charge in [0.2, 0.25) is 0 Å². The number of benzene rings is 2. The summed E-state index contributed by atoms with van der Waals surface area (Å²) < 4.78 is 34.1. The van der Waals surface area contributed by atoms with Crippen LogP contribution in [-0.2, 0) is 0 Å². The highest BCUT2D eigenvalue weighted by Crippen LogP contribution is 2.31. The predicted octanol–water partition coefficient (Wildman–Crippen LogP) is 4.26. The molecule has 3 aromatic rings. The number of amides is 1. The predicted molar refractivity (Wildman–Crippen MR) is 95.5 cm³/mol. The van der Waals surface area contributed by atoms with E-state index in [4.69, 9.17) is 4.74 Å². The lowest BCUT2D eigenvalue weighted by Gasteiger charge is -2.31. The van der Waals surface area contributed by atoms with Crippen LogP contribution in [0.5, 0.6) is 5.19 Å². The highest BCUT2D eigenvalue weighted by molar-refractivity contribution is 7.20. The zero-order chi connectivity index (χ0) is 18.1. The fourth-order valence-corrected chi connectivity index (χ4v) is 3.96. The number of fused-ring (bicyclic) bond motifs is 1. The quantitative estimate of drug-likeness (QED) is 0.688. The lowest BCUT2D eigenvalue weighted by atomic mass is 10.1. The molecular weight excluding hydrogens is 358 g/mol. The van der Waals surface area contributed by atoms with E-state index in [1.165, 1.54) is 29.5 Å². The molecule has 0 spiro atoms. The van der Waals surface area contributed by atoms with Crippen LogP contribution in [0, 0.1) is 11.6 Å². The Balaban J connectivity index is 1.39. The minimum absolute atomic E-state index is 0.0912. The fraction of sp³-hybridized carbons (Fsp3) is 0.263. The number of hydrogen-bond acceptors (Lipinski definition) is 4. The highest BCUT2D eigenvalue weighted by atomic mass is 32.1. The molecule has 4 nitrogen and oxygen atoms in total. The molecule has 134 valence electrons. The van der Waals surface area contributed by atoms with Gasteiger partial charge in [-0.3, -0.25) is 4.79 Å². The van der Waals surface area contributed by atoms with E-state index in [0.29, 0.717) is 36.6 Å². The van der Waals surface area contributed by atoms with Crippen molar-refractivity contribution >= 4 is 27.5 Å².